The Balaban J connectivity index is 2.01. The number of nitrogens with one attached hydrogen (secondary N) is 1. The topological polar surface area (TPSA) is 66.5 Å². The summed E-state index contributed by atoms with van der Waals surface area (Å²) in [5.41, 5.74) is 0.724. The van der Waals surface area contributed by atoms with Crippen LogP contribution in [-0.4, -0.2) is 38.0 Å². The Hall–Kier alpha value is -2.39. The number of rotatable bonds is 7. The summed E-state index contributed by atoms with van der Waals surface area (Å²) >= 11 is 0. The molecule has 0 radical (unpaired) electrons. The summed E-state index contributed by atoms with van der Waals surface area (Å²) in [6, 6.07) is 8.39. The molecule has 0 spiro atoms. The SMILES string of the molecule is CS(=O)(=O)N(CCc1ccc(F)cc1)CC(=O)Nc1ccc(F)c(F)c1. The standard InChI is InChI=1S/C17H17F3N2O3S/c1-26(24,25)22(9-8-12-2-4-13(18)5-3-12)11-17(23)21-14-6-7-15(19)16(20)10-14/h2-7,10H,8-9,11H2,1H3,(H,21,23). The lowest BCUT2D eigenvalue weighted by Crippen LogP contribution is -2.38. The van der Waals surface area contributed by atoms with Crippen molar-refractivity contribution in [2.45, 2.75) is 6.42 Å². The molecule has 0 saturated heterocycles. The van der Waals surface area contributed by atoms with E-state index in [1.54, 1.807) is 0 Å². The minimum Gasteiger partial charge on any atom is -0.325 e. The van der Waals surface area contributed by atoms with Crippen LogP contribution in [0.15, 0.2) is 42.5 Å². The van der Waals surface area contributed by atoms with Crippen LogP contribution in [0, 0.1) is 17.5 Å². The van der Waals surface area contributed by atoms with Crippen LogP contribution in [0.1, 0.15) is 5.56 Å². The molecule has 26 heavy (non-hydrogen) atoms. The van der Waals surface area contributed by atoms with Crippen molar-refractivity contribution in [1.29, 1.82) is 0 Å². The second-order valence-corrected chi connectivity index (χ2v) is 7.63. The van der Waals surface area contributed by atoms with E-state index in [-0.39, 0.29) is 18.7 Å². The van der Waals surface area contributed by atoms with Gasteiger partial charge < -0.3 is 5.32 Å². The zero-order valence-corrected chi connectivity index (χ0v) is 14.7. The van der Waals surface area contributed by atoms with E-state index >= 15 is 0 Å². The number of nitrogens with zero attached hydrogens (tertiary/aromatic N) is 1. The van der Waals surface area contributed by atoms with Crippen LogP contribution in [0.2, 0.25) is 0 Å². The van der Waals surface area contributed by atoms with Gasteiger partial charge in [0.05, 0.1) is 12.8 Å². The lowest BCUT2D eigenvalue weighted by atomic mass is 10.1. The molecule has 0 unspecified atom stereocenters. The van der Waals surface area contributed by atoms with Gasteiger partial charge >= 0.3 is 0 Å². The Labute approximate surface area is 149 Å². The number of carbonyl (C=O) groups is 1. The molecule has 0 saturated carbocycles. The van der Waals surface area contributed by atoms with Crippen LogP contribution in [-0.2, 0) is 21.2 Å². The van der Waals surface area contributed by atoms with Gasteiger partial charge in [-0.15, -0.1) is 0 Å². The largest absolute Gasteiger partial charge is 0.325 e. The van der Waals surface area contributed by atoms with Gasteiger partial charge in [0.1, 0.15) is 5.82 Å². The normalized spacial score (nSPS) is 11.6. The van der Waals surface area contributed by atoms with E-state index in [2.05, 4.69) is 5.32 Å². The van der Waals surface area contributed by atoms with Crippen LogP contribution in [0.5, 0.6) is 0 Å². The molecule has 5 nitrogen and oxygen atoms in total. The summed E-state index contributed by atoms with van der Waals surface area (Å²) in [4.78, 5) is 12.0. The third-order valence-electron chi connectivity index (χ3n) is 3.56. The highest BCUT2D eigenvalue weighted by Gasteiger charge is 2.20. The minimum atomic E-state index is -3.68. The van der Waals surface area contributed by atoms with Crippen molar-refractivity contribution in [3.05, 3.63) is 65.5 Å². The van der Waals surface area contributed by atoms with E-state index in [1.165, 1.54) is 30.3 Å². The van der Waals surface area contributed by atoms with Crippen LogP contribution in [0.25, 0.3) is 0 Å². The molecule has 2 aromatic carbocycles. The fourth-order valence-electron chi connectivity index (χ4n) is 2.20. The molecule has 0 atom stereocenters. The molecule has 0 aromatic heterocycles. The maximum absolute atomic E-state index is 13.2. The maximum Gasteiger partial charge on any atom is 0.239 e. The molecule has 1 amide bonds. The quantitative estimate of drug-likeness (QED) is 0.795. The highest BCUT2D eigenvalue weighted by Crippen LogP contribution is 2.13. The molecule has 0 fully saturated rings. The molecule has 1 N–H and O–H groups in total. The van der Waals surface area contributed by atoms with Crippen LogP contribution in [0.3, 0.4) is 0 Å². The number of amides is 1. The van der Waals surface area contributed by atoms with Gasteiger partial charge in [0.25, 0.3) is 0 Å². The van der Waals surface area contributed by atoms with Gasteiger partial charge in [0, 0.05) is 18.3 Å². The molecular formula is C17H17F3N2O3S. The number of carbonyl (C=O) groups excluding carboxylic acids is 1. The molecule has 0 aliphatic carbocycles. The molecular weight excluding hydrogens is 369 g/mol. The van der Waals surface area contributed by atoms with Gasteiger partial charge in [0.15, 0.2) is 11.6 Å². The average Bonchev–Trinajstić information content (AvgIpc) is 2.55. The summed E-state index contributed by atoms with van der Waals surface area (Å²) in [7, 11) is -3.68. The number of sulfonamides is 1. The Morgan fingerprint density at radius 2 is 1.69 bits per heavy atom. The van der Waals surface area contributed by atoms with Crippen LogP contribution < -0.4 is 5.32 Å². The minimum absolute atomic E-state index is 0.00959. The summed E-state index contributed by atoms with van der Waals surface area (Å²) in [6.07, 6.45) is 1.24. The number of halogens is 3. The second-order valence-electron chi connectivity index (χ2n) is 5.65. The third-order valence-corrected chi connectivity index (χ3v) is 4.81. The van der Waals surface area contributed by atoms with Crippen molar-refractivity contribution in [3.63, 3.8) is 0 Å². The fraction of sp³-hybridized carbons (Fsp3) is 0.235. The van der Waals surface area contributed by atoms with Crippen molar-refractivity contribution >= 4 is 21.6 Å². The van der Waals surface area contributed by atoms with E-state index in [9.17, 15) is 26.4 Å². The van der Waals surface area contributed by atoms with Crippen molar-refractivity contribution in [1.82, 2.24) is 4.31 Å². The highest BCUT2D eigenvalue weighted by molar-refractivity contribution is 7.88. The monoisotopic (exact) mass is 386 g/mol. The zero-order chi connectivity index (χ0) is 19.3. The van der Waals surface area contributed by atoms with E-state index in [4.69, 9.17) is 0 Å². The Bertz CT molecular complexity index is 887. The lowest BCUT2D eigenvalue weighted by molar-refractivity contribution is -0.116. The van der Waals surface area contributed by atoms with Crippen LogP contribution in [0.4, 0.5) is 18.9 Å². The number of benzene rings is 2. The zero-order valence-electron chi connectivity index (χ0n) is 13.9. The van der Waals surface area contributed by atoms with Gasteiger partial charge in [-0.3, -0.25) is 4.79 Å². The van der Waals surface area contributed by atoms with Gasteiger partial charge in [-0.25, -0.2) is 21.6 Å². The van der Waals surface area contributed by atoms with E-state index in [0.717, 1.165) is 22.7 Å². The number of anilines is 1. The number of hydrogen-bond donors (Lipinski definition) is 1. The van der Waals surface area contributed by atoms with Crippen molar-refractivity contribution in [2.24, 2.45) is 0 Å². The molecule has 0 aliphatic heterocycles. The van der Waals surface area contributed by atoms with Gasteiger partial charge in [0.2, 0.25) is 15.9 Å². The van der Waals surface area contributed by atoms with Gasteiger partial charge in [-0.1, -0.05) is 12.1 Å². The van der Waals surface area contributed by atoms with E-state index < -0.39 is 39.9 Å². The van der Waals surface area contributed by atoms with Gasteiger partial charge in [-0.2, -0.15) is 4.31 Å². The first-order valence-electron chi connectivity index (χ1n) is 7.59. The van der Waals surface area contributed by atoms with E-state index in [1.807, 2.05) is 0 Å². The smallest absolute Gasteiger partial charge is 0.239 e. The van der Waals surface area contributed by atoms with E-state index in [0.29, 0.717) is 5.56 Å². The predicted octanol–water partition coefficient (Wildman–Crippen LogP) is 2.55. The van der Waals surface area contributed by atoms with Crippen molar-refractivity contribution in [3.8, 4) is 0 Å². The molecule has 140 valence electrons. The lowest BCUT2D eigenvalue weighted by Gasteiger charge is -2.19. The van der Waals surface area contributed by atoms with Crippen molar-refractivity contribution < 1.29 is 26.4 Å². The average molecular weight is 386 g/mol. The summed E-state index contributed by atoms with van der Waals surface area (Å²) < 4.78 is 63.6. The predicted molar refractivity (Wildman–Crippen MR) is 91.5 cm³/mol. The first-order valence-corrected chi connectivity index (χ1v) is 9.44. The maximum atomic E-state index is 13.2. The molecule has 0 heterocycles. The first-order chi connectivity index (χ1) is 12.1. The van der Waals surface area contributed by atoms with Crippen LogP contribution >= 0.6 is 0 Å². The number of hydrogen-bond acceptors (Lipinski definition) is 3. The molecule has 9 heteroatoms. The summed E-state index contributed by atoms with van der Waals surface area (Å²) in [5.74, 6) is -3.28. The molecule has 0 aliphatic rings. The third kappa shape index (κ3) is 5.85. The molecule has 0 bridgehead atoms. The molecule has 2 rings (SSSR count). The van der Waals surface area contributed by atoms with Crippen molar-refractivity contribution in [2.75, 3.05) is 24.7 Å². The fourth-order valence-corrected chi connectivity index (χ4v) is 2.98. The second kappa shape index (κ2) is 8.33. The first kappa shape index (κ1) is 19.9. The molecule has 2 aromatic rings. The Kier molecular flexibility index (Phi) is 6.38. The highest BCUT2D eigenvalue weighted by atomic mass is 32.2. The Morgan fingerprint density at radius 1 is 1.04 bits per heavy atom. The van der Waals surface area contributed by atoms with Gasteiger partial charge in [-0.05, 0) is 36.2 Å². The summed E-state index contributed by atoms with van der Waals surface area (Å²) in [6.45, 7) is -0.477. The Morgan fingerprint density at radius 3 is 2.27 bits per heavy atom. The summed E-state index contributed by atoms with van der Waals surface area (Å²) in [5, 5.41) is 2.32.